The smallest absolute Gasteiger partial charge is 0.228 e. The van der Waals surface area contributed by atoms with Crippen molar-refractivity contribution in [2.45, 2.75) is 18.6 Å². The molecule has 0 spiro atoms. The summed E-state index contributed by atoms with van der Waals surface area (Å²) in [5.74, 6) is -0.811. The summed E-state index contributed by atoms with van der Waals surface area (Å²) < 4.78 is 50.8. The van der Waals surface area contributed by atoms with Gasteiger partial charge in [-0.05, 0) is 30.5 Å². The Morgan fingerprint density at radius 3 is 2.52 bits per heavy atom. The van der Waals surface area contributed by atoms with Crippen molar-refractivity contribution in [1.82, 2.24) is 9.03 Å². The third-order valence-corrected chi connectivity index (χ3v) is 6.84. The number of anilines is 1. The molecule has 1 aliphatic rings. The molecule has 8 nitrogen and oxygen atoms in total. The SMILES string of the molecule is C=CCNS(=O)(=O)Cc1ccc(NC(=O)C2CCCN(S(C)(=O)=O)C2)cc1. The molecule has 0 radical (unpaired) electrons. The van der Waals surface area contributed by atoms with Gasteiger partial charge in [0.1, 0.15) is 0 Å². The maximum atomic E-state index is 12.4. The highest BCUT2D eigenvalue weighted by molar-refractivity contribution is 7.88. The summed E-state index contributed by atoms with van der Waals surface area (Å²) in [4.78, 5) is 12.4. The van der Waals surface area contributed by atoms with Gasteiger partial charge < -0.3 is 5.32 Å². The molecule has 1 aromatic carbocycles. The number of hydrogen-bond acceptors (Lipinski definition) is 5. The highest BCUT2D eigenvalue weighted by Crippen LogP contribution is 2.21. The lowest BCUT2D eigenvalue weighted by molar-refractivity contribution is -0.120. The Kier molecular flexibility index (Phi) is 7.15. The molecule has 2 N–H and O–H groups in total. The van der Waals surface area contributed by atoms with Crippen LogP contribution < -0.4 is 10.0 Å². The van der Waals surface area contributed by atoms with Gasteiger partial charge in [0.2, 0.25) is 26.0 Å². The second-order valence-electron chi connectivity index (χ2n) is 6.54. The summed E-state index contributed by atoms with van der Waals surface area (Å²) in [5.41, 5.74) is 1.13. The Balaban J connectivity index is 1.96. The Hall–Kier alpha value is -1.75. The van der Waals surface area contributed by atoms with E-state index in [2.05, 4.69) is 16.6 Å². The molecular formula is C17H25N3O5S2. The molecule has 10 heteroatoms. The average Bonchev–Trinajstić information content (AvgIpc) is 2.61. The first-order valence-corrected chi connectivity index (χ1v) is 12.0. The van der Waals surface area contributed by atoms with Crippen LogP contribution >= 0.6 is 0 Å². The van der Waals surface area contributed by atoms with Gasteiger partial charge in [0.15, 0.2) is 0 Å². The van der Waals surface area contributed by atoms with E-state index in [1.54, 1.807) is 24.3 Å². The van der Waals surface area contributed by atoms with Crippen LogP contribution in [0.4, 0.5) is 5.69 Å². The number of carbonyl (C=O) groups excluding carboxylic acids is 1. The Bertz CT molecular complexity index is 880. The van der Waals surface area contributed by atoms with E-state index in [1.165, 1.54) is 10.4 Å². The molecule has 0 aromatic heterocycles. The number of carbonyl (C=O) groups is 1. The number of nitrogens with one attached hydrogen (secondary N) is 2. The number of piperidine rings is 1. The number of sulfonamides is 2. The number of nitrogens with zero attached hydrogens (tertiary/aromatic N) is 1. The third kappa shape index (κ3) is 6.73. The molecule has 1 fully saturated rings. The third-order valence-electron chi connectivity index (χ3n) is 4.25. The predicted molar refractivity (Wildman–Crippen MR) is 105 cm³/mol. The lowest BCUT2D eigenvalue weighted by Gasteiger charge is -2.30. The molecule has 0 saturated carbocycles. The molecule has 1 aromatic rings. The molecule has 1 saturated heterocycles. The van der Waals surface area contributed by atoms with Crippen LogP contribution in [0.1, 0.15) is 18.4 Å². The zero-order valence-electron chi connectivity index (χ0n) is 15.2. The zero-order chi connectivity index (χ0) is 20.1. The minimum absolute atomic E-state index is 0.166. The van der Waals surface area contributed by atoms with Crippen LogP contribution in [-0.4, -0.2) is 52.9 Å². The van der Waals surface area contributed by atoms with Gasteiger partial charge in [-0.3, -0.25) is 4.79 Å². The maximum absolute atomic E-state index is 12.4. The summed E-state index contributed by atoms with van der Waals surface area (Å²) in [6.07, 6.45) is 3.87. The van der Waals surface area contributed by atoms with E-state index in [1.807, 2.05) is 0 Å². The fourth-order valence-corrected chi connectivity index (χ4v) is 4.86. The number of rotatable bonds is 8. The molecule has 0 bridgehead atoms. The van der Waals surface area contributed by atoms with E-state index in [-0.39, 0.29) is 24.7 Å². The van der Waals surface area contributed by atoms with Crippen LogP contribution in [0.3, 0.4) is 0 Å². The highest BCUT2D eigenvalue weighted by atomic mass is 32.2. The lowest BCUT2D eigenvalue weighted by atomic mass is 9.98. The van der Waals surface area contributed by atoms with Crippen molar-refractivity contribution in [3.05, 3.63) is 42.5 Å². The summed E-state index contributed by atoms with van der Waals surface area (Å²) in [6.45, 7) is 4.24. The van der Waals surface area contributed by atoms with Gasteiger partial charge in [-0.25, -0.2) is 25.9 Å². The first kappa shape index (κ1) is 21.5. The summed E-state index contributed by atoms with van der Waals surface area (Å²) in [5, 5.41) is 2.77. The predicted octanol–water partition coefficient (Wildman–Crippen LogP) is 0.902. The van der Waals surface area contributed by atoms with Gasteiger partial charge in [0.25, 0.3) is 0 Å². The molecule has 1 heterocycles. The lowest BCUT2D eigenvalue weighted by Crippen LogP contribution is -2.43. The van der Waals surface area contributed by atoms with Crippen molar-refractivity contribution < 1.29 is 21.6 Å². The van der Waals surface area contributed by atoms with E-state index in [9.17, 15) is 21.6 Å². The van der Waals surface area contributed by atoms with Crippen molar-refractivity contribution in [2.24, 2.45) is 5.92 Å². The molecule has 2 rings (SSSR count). The normalized spacial score (nSPS) is 18.8. The van der Waals surface area contributed by atoms with E-state index >= 15 is 0 Å². The fraction of sp³-hybridized carbons (Fsp3) is 0.471. The van der Waals surface area contributed by atoms with Crippen molar-refractivity contribution in [1.29, 1.82) is 0 Å². The van der Waals surface area contributed by atoms with Crippen LogP contribution in [-0.2, 0) is 30.6 Å². The Morgan fingerprint density at radius 1 is 1.26 bits per heavy atom. The van der Waals surface area contributed by atoms with Crippen LogP contribution in [0.15, 0.2) is 36.9 Å². The maximum Gasteiger partial charge on any atom is 0.228 e. The van der Waals surface area contributed by atoms with Crippen molar-refractivity contribution in [3.63, 3.8) is 0 Å². The molecule has 0 aliphatic carbocycles. The van der Waals surface area contributed by atoms with Crippen molar-refractivity contribution in [3.8, 4) is 0 Å². The molecular weight excluding hydrogens is 390 g/mol. The molecule has 1 atom stereocenters. The largest absolute Gasteiger partial charge is 0.326 e. The second-order valence-corrected chi connectivity index (χ2v) is 10.3. The van der Waals surface area contributed by atoms with E-state index in [0.717, 1.165) is 6.26 Å². The highest BCUT2D eigenvalue weighted by Gasteiger charge is 2.30. The fourth-order valence-electron chi connectivity index (χ4n) is 2.84. The Labute approximate surface area is 160 Å². The van der Waals surface area contributed by atoms with Crippen molar-refractivity contribution >= 4 is 31.6 Å². The molecule has 1 amide bonds. The summed E-state index contributed by atoms with van der Waals surface area (Å²) in [6, 6.07) is 6.53. The Morgan fingerprint density at radius 2 is 1.93 bits per heavy atom. The number of hydrogen-bond donors (Lipinski definition) is 2. The van der Waals surface area contributed by atoms with E-state index < -0.39 is 26.0 Å². The topological polar surface area (TPSA) is 113 Å². The zero-order valence-corrected chi connectivity index (χ0v) is 16.9. The first-order valence-electron chi connectivity index (χ1n) is 8.54. The van der Waals surface area contributed by atoms with Gasteiger partial charge in [0, 0.05) is 25.3 Å². The average molecular weight is 416 g/mol. The van der Waals surface area contributed by atoms with Gasteiger partial charge in [-0.15, -0.1) is 6.58 Å². The van der Waals surface area contributed by atoms with Crippen LogP contribution in [0, 0.1) is 5.92 Å². The molecule has 150 valence electrons. The van der Waals surface area contributed by atoms with Crippen LogP contribution in [0.5, 0.6) is 0 Å². The second kappa shape index (κ2) is 8.96. The van der Waals surface area contributed by atoms with E-state index in [4.69, 9.17) is 0 Å². The van der Waals surface area contributed by atoms with Gasteiger partial charge in [-0.2, -0.15) is 0 Å². The van der Waals surface area contributed by atoms with Gasteiger partial charge in [0.05, 0.1) is 17.9 Å². The van der Waals surface area contributed by atoms with Gasteiger partial charge >= 0.3 is 0 Å². The monoisotopic (exact) mass is 415 g/mol. The molecule has 27 heavy (non-hydrogen) atoms. The first-order chi connectivity index (χ1) is 12.6. The quantitative estimate of drug-likeness (QED) is 0.613. The minimum atomic E-state index is -3.44. The molecule has 1 unspecified atom stereocenters. The number of benzene rings is 1. The summed E-state index contributed by atoms with van der Waals surface area (Å²) in [7, 11) is -6.75. The van der Waals surface area contributed by atoms with Crippen molar-refractivity contribution in [2.75, 3.05) is 31.2 Å². The standard InChI is InChI=1S/C17H25N3O5S2/c1-3-10-18-27(24,25)13-14-6-8-16(9-7-14)19-17(21)15-5-4-11-20(12-15)26(2,22)23/h3,6-9,15,18H,1,4-5,10-13H2,2H3,(H,19,21). The van der Waals surface area contributed by atoms with Crippen LogP contribution in [0.25, 0.3) is 0 Å². The number of amides is 1. The molecule has 1 aliphatic heterocycles. The van der Waals surface area contributed by atoms with Gasteiger partial charge in [-0.1, -0.05) is 18.2 Å². The van der Waals surface area contributed by atoms with Crippen LogP contribution in [0.2, 0.25) is 0 Å². The summed E-state index contributed by atoms with van der Waals surface area (Å²) >= 11 is 0. The minimum Gasteiger partial charge on any atom is -0.326 e. The van der Waals surface area contributed by atoms with E-state index in [0.29, 0.717) is 30.6 Å².